The third-order valence-corrected chi connectivity index (χ3v) is 4.08. The second-order valence-electron chi connectivity index (χ2n) is 5.88. The summed E-state index contributed by atoms with van der Waals surface area (Å²) in [6, 6.07) is 2.71. The molecule has 0 spiro atoms. The molecule has 1 aromatic heterocycles. The first-order valence-corrected chi connectivity index (χ1v) is 7.33. The highest BCUT2D eigenvalue weighted by molar-refractivity contribution is 5.40. The molecule has 106 valence electrons. The number of aromatic nitrogens is 1. The van der Waals surface area contributed by atoms with Crippen molar-refractivity contribution in [3.8, 4) is 5.75 Å². The van der Waals surface area contributed by atoms with Gasteiger partial charge in [0.25, 0.3) is 0 Å². The lowest BCUT2D eigenvalue weighted by atomic mass is 9.90. The van der Waals surface area contributed by atoms with Crippen molar-refractivity contribution in [3.63, 3.8) is 0 Å². The van der Waals surface area contributed by atoms with Crippen molar-refractivity contribution < 1.29 is 4.74 Å². The van der Waals surface area contributed by atoms with Crippen LogP contribution in [0.3, 0.4) is 0 Å². The Morgan fingerprint density at radius 2 is 2.21 bits per heavy atom. The summed E-state index contributed by atoms with van der Waals surface area (Å²) in [7, 11) is 4.32. The highest BCUT2D eigenvalue weighted by Crippen LogP contribution is 2.31. The van der Waals surface area contributed by atoms with Gasteiger partial charge in [-0.2, -0.15) is 0 Å². The molecule has 0 aliphatic heterocycles. The Balaban J connectivity index is 2.31. The van der Waals surface area contributed by atoms with E-state index in [9.17, 15) is 0 Å². The van der Waals surface area contributed by atoms with Gasteiger partial charge in [-0.05, 0) is 53.6 Å². The standard InChI is InChI=1S/C16H26N2O/c1-6-12(3)19-16-9-11(2)17-15-8-7-13(18(4)5)10-14(15)16/h9,12-13H,6-8,10H2,1-5H3. The molecule has 0 amide bonds. The van der Waals surface area contributed by atoms with Crippen LogP contribution >= 0.6 is 0 Å². The number of ether oxygens (including phenoxy) is 1. The van der Waals surface area contributed by atoms with Gasteiger partial charge in [0.15, 0.2) is 0 Å². The minimum Gasteiger partial charge on any atom is -0.490 e. The third kappa shape index (κ3) is 3.27. The van der Waals surface area contributed by atoms with Crippen LogP contribution in [0.5, 0.6) is 5.75 Å². The number of likely N-dealkylation sites (N-methyl/N-ethyl adjacent to an activating group) is 1. The predicted molar refractivity (Wildman–Crippen MR) is 78.9 cm³/mol. The van der Waals surface area contributed by atoms with E-state index in [0.29, 0.717) is 6.04 Å². The molecule has 1 aromatic rings. The summed E-state index contributed by atoms with van der Waals surface area (Å²) in [5, 5.41) is 0. The monoisotopic (exact) mass is 262 g/mol. The van der Waals surface area contributed by atoms with Crippen LogP contribution < -0.4 is 4.74 Å². The summed E-state index contributed by atoms with van der Waals surface area (Å²) in [6.45, 7) is 6.35. The van der Waals surface area contributed by atoms with Gasteiger partial charge in [0.1, 0.15) is 5.75 Å². The Labute approximate surface area is 117 Å². The SMILES string of the molecule is CCC(C)Oc1cc(C)nc2c1CC(N(C)C)CC2. The molecule has 1 heterocycles. The number of aryl methyl sites for hydroxylation is 2. The van der Waals surface area contributed by atoms with Crippen molar-refractivity contribution >= 4 is 0 Å². The van der Waals surface area contributed by atoms with Gasteiger partial charge in [0.2, 0.25) is 0 Å². The maximum atomic E-state index is 6.11. The molecule has 0 fully saturated rings. The Morgan fingerprint density at radius 3 is 2.84 bits per heavy atom. The fourth-order valence-electron chi connectivity index (χ4n) is 2.64. The van der Waals surface area contributed by atoms with Gasteiger partial charge in [0.05, 0.1) is 6.10 Å². The smallest absolute Gasteiger partial charge is 0.126 e. The Kier molecular flexibility index (Phi) is 4.46. The average Bonchev–Trinajstić information content (AvgIpc) is 2.37. The van der Waals surface area contributed by atoms with Crippen molar-refractivity contribution in [2.75, 3.05) is 14.1 Å². The molecule has 0 bridgehead atoms. The van der Waals surface area contributed by atoms with Crippen LogP contribution in [0.4, 0.5) is 0 Å². The minimum atomic E-state index is 0.269. The van der Waals surface area contributed by atoms with Crippen molar-refractivity contribution in [2.24, 2.45) is 0 Å². The number of hydrogen-bond acceptors (Lipinski definition) is 3. The van der Waals surface area contributed by atoms with Crippen LogP contribution in [0, 0.1) is 6.92 Å². The van der Waals surface area contributed by atoms with E-state index in [4.69, 9.17) is 9.72 Å². The number of fused-ring (bicyclic) bond motifs is 1. The van der Waals surface area contributed by atoms with E-state index in [-0.39, 0.29) is 6.10 Å². The zero-order chi connectivity index (χ0) is 14.0. The summed E-state index contributed by atoms with van der Waals surface area (Å²) < 4.78 is 6.11. The average molecular weight is 262 g/mol. The molecular formula is C16H26N2O. The molecule has 2 unspecified atom stereocenters. The fourth-order valence-corrected chi connectivity index (χ4v) is 2.64. The number of rotatable bonds is 4. The first-order valence-electron chi connectivity index (χ1n) is 7.33. The van der Waals surface area contributed by atoms with E-state index < -0.39 is 0 Å². The normalized spacial score (nSPS) is 20.2. The predicted octanol–water partition coefficient (Wildman–Crippen LogP) is 2.99. The van der Waals surface area contributed by atoms with E-state index in [1.807, 2.05) is 0 Å². The quantitative estimate of drug-likeness (QED) is 0.834. The summed E-state index contributed by atoms with van der Waals surface area (Å²) in [5.41, 5.74) is 3.65. The molecule has 0 N–H and O–H groups in total. The summed E-state index contributed by atoms with van der Waals surface area (Å²) >= 11 is 0. The number of pyridine rings is 1. The van der Waals surface area contributed by atoms with Crippen molar-refractivity contribution in [2.45, 2.75) is 58.6 Å². The van der Waals surface area contributed by atoms with Crippen molar-refractivity contribution in [1.29, 1.82) is 0 Å². The zero-order valence-electron chi connectivity index (χ0n) is 12.9. The lowest BCUT2D eigenvalue weighted by Crippen LogP contribution is -2.34. The molecule has 3 heteroatoms. The van der Waals surface area contributed by atoms with Gasteiger partial charge in [-0.15, -0.1) is 0 Å². The van der Waals surface area contributed by atoms with E-state index in [1.165, 1.54) is 17.7 Å². The number of hydrogen-bond donors (Lipinski definition) is 0. The van der Waals surface area contributed by atoms with E-state index >= 15 is 0 Å². The molecule has 0 saturated carbocycles. The largest absolute Gasteiger partial charge is 0.490 e. The van der Waals surface area contributed by atoms with Crippen LogP contribution in [0.2, 0.25) is 0 Å². The number of nitrogens with zero attached hydrogens (tertiary/aromatic N) is 2. The highest BCUT2D eigenvalue weighted by atomic mass is 16.5. The molecule has 0 saturated heterocycles. The first kappa shape index (κ1) is 14.3. The minimum absolute atomic E-state index is 0.269. The first-order chi connectivity index (χ1) is 9.01. The Morgan fingerprint density at radius 1 is 1.47 bits per heavy atom. The van der Waals surface area contributed by atoms with Crippen LogP contribution in [0.1, 0.15) is 43.6 Å². The van der Waals surface area contributed by atoms with Gasteiger partial charge < -0.3 is 9.64 Å². The lowest BCUT2D eigenvalue weighted by Gasteiger charge is -2.31. The second kappa shape index (κ2) is 5.91. The van der Waals surface area contributed by atoms with Crippen molar-refractivity contribution in [1.82, 2.24) is 9.88 Å². The van der Waals surface area contributed by atoms with Crippen LogP contribution in [-0.4, -0.2) is 36.1 Å². The zero-order valence-corrected chi connectivity index (χ0v) is 12.9. The fraction of sp³-hybridized carbons (Fsp3) is 0.688. The molecular weight excluding hydrogens is 236 g/mol. The molecule has 1 aliphatic rings. The Bertz CT molecular complexity index is 443. The topological polar surface area (TPSA) is 25.4 Å². The molecule has 1 aliphatic carbocycles. The molecule has 2 atom stereocenters. The molecule has 3 nitrogen and oxygen atoms in total. The Hall–Kier alpha value is -1.09. The summed E-state index contributed by atoms with van der Waals surface area (Å²) in [5.74, 6) is 1.06. The van der Waals surface area contributed by atoms with Crippen molar-refractivity contribution in [3.05, 3.63) is 23.0 Å². The van der Waals surface area contributed by atoms with E-state index in [1.54, 1.807) is 0 Å². The molecule has 0 aromatic carbocycles. The van der Waals surface area contributed by atoms with E-state index in [0.717, 1.165) is 30.7 Å². The summed E-state index contributed by atoms with van der Waals surface area (Å²) in [6.07, 6.45) is 4.62. The van der Waals surface area contributed by atoms with Gasteiger partial charge in [-0.1, -0.05) is 6.92 Å². The van der Waals surface area contributed by atoms with Crippen LogP contribution in [0.25, 0.3) is 0 Å². The summed E-state index contributed by atoms with van der Waals surface area (Å²) in [4.78, 5) is 7.02. The van der Waals surface area contributed by atoms with Gasteiger partial charge in [-0.25, -0.2) is 0 Å². The van der Waals surface area contributed by atoms with Gasteiger partial charge in [0, 0.05) is 29.1 Å². The lowest BCUT2D eigenvalue weighted by molar-refractivity contribution is 0.208. The van der Waals surface area contributed by atoms with Gasteiger partial charge in [-0.3, -0.25) is 4.98 Å². The molecule has 0 radical (unpaired) electrons. The highest BCUT2D eigenvalue weighted by Gasteiger charge is 2.25. The molecule has 19 heavy (non-hydrogen) atoms. The maximum absolute atomic E-state index is 6.11. The molecule has 2 rings (SSSR count). The van der Waals surface area contributed by atoms with Crippen LogP contribution in [-0.2, 0) is 12.8 Å². The maximum Gasteiger partial charge on any atom is 0.126 e. The van der Waals surface area contributed by atoms with E-state index in [2.05, 4.69) is 45.8 Å². The second-order valence-corrected chi connectivity index (χ2v) is 5.88. The third-order valence-electron chi connectivity index (χ3n) is 4.08. The van der Waals surface area contributed by atoms with Gasteiger partial charge >= 0.3 is 0 Å². The van der Waals surface area contributed by atoms with Crippen LogP contribution in [0.15, 0.2) is 6.07 Å².